The van der Waals surface area contributed by atoms with Gasteiger partial charge in [-0.1, -0.05) is 0 Å². The third-order valence-electron chi connectivity index (χ3n) is 2.65. The molecule has 1 rings (SSSR count). The van der Waals surface area contributed by atoms with Gasteiger partial charge in [-0.3, -0.25) is 9.69 Å². The number of hydrogen-bond acceptors (Lipinski definition) is 2. The fourth-order valence-corrected chi connectivity index (χ4v) is 2.13. The van der Waals surface area contributed by atoms with E-state index in [1.54, 1.807) is 0 Å². The highest BCUT2D eigenvalue weighted by molar-refractivity contribution is 5.67. The Bertz CT molecular complexity index is 196. The van der Waals surface area contributed by atoms with Gasteiger partial charge in [0.1, 0.15) is 0 Å². The molecule has 1 heterocycles. The minimum atomic E-state index is -0.679. The molecule has 0 aromatic rings. The Balaban J connectivity index is 2.59. The fraction of sp³-hybridized carbons (Fsp3) is 0.900. The molecule has 1 fully saturated rings. The standard InChI is InChI=1S/C10H19NO2/c1-10(2,3)11-6-4-5-8(11)7-9(12)13/h8H,4-7H2,1-3H3,(H,12,13). The second-order valence-electron chi connectivity index (χ2n) is 4.76. The van der Waals surface area contributed by atoms with Gasteiger partial charge in [-0.2, -0.15) is 0 Å². The van der Waals surface area contributed by atoms with Crippen molar-refractivity contribution in [1.29, 1.82) is 0 Å². The predicted octanol–water partition coefficient (Wildman–Crippen LogP) is 1.72. The molecule has 0 bridgehead atoms. The molecular formula is C10H19NO2. The molecule has 0 aliphatic carbocycles. The van der Waals surface area contributed by atoms with Crippen molar-refractivity contribution in [1.82, 2.24) is 4.90 Å². The van der Waals surface area contributed by atoms with Gasteiger partial charge in [0.15, 0.2) is 0 Å². The molecule has 76 valence electrons. The van der Waals surface area contributed by atoms with Crippen LogP contribution in [0.3, 0.4) is 0 Å². The van der Waals surface area contributed by atoms with Crippen molar-refractivity contribution in [3.05, 3.63) is 0 Å². The first-order valence-corrected chi connectivity index (χ1v) is 4.90. The van der Waals surface area contributed by atoms with Crippen LogP contribution in [-0.4, -0.2) is 34.1 Å². The summed E-state index contributed by atoms with van der Waals surface area (Å²) < 4.78 is 0. The highest BCUT2D eigenvalue weighted by atomic mass is 16.4. The number of carboxylic acid groups (broad SMARTS) is 1. The average Bonchev–Trinajstić information content (AvgIpc) is 2.31. The normalized spacial score (nSPS) is 25.0. The second kappa shape index (κ2) is 3.66. The summed E-state index contributed by atoms with van der Waals surface area (Å²) >= 11 is 0. The lowest BCUT2D eigenvalue weighted by molar-refractivity contribution is -0.138. The number of rotatable bonds is 2. The highest BCUT2D eigenvalue weighted by Crippen LogP contribution is 2.27. The molecule has 1 N–H and O–H groups in total. The Morgan fingerprint density at radius 2 is 2.15 bits per heavy atom. The Morgan fingerprint density at radius 3 is 2.62 bits per heavy atom. The van der Waals surface area contributed by atoms with E-state index in [0.717, 1.165) is 19.4 Å². The summed E-state index contributed by atoms with van der Waals surface area (Å²) in [5.41, 5.74) is 0.108. The molecule has 1 saturated heterocycles. The minimum Gasteiger partial charge on any atom is -0.481 e. The van der Waals surface area contributed by atoms with Gasteiger partial charge in [-0.15, -0.1) is 0 Å². The first-order valence-electron chi connectivity index (χ1n) is 4.90. The smallest absolute Gasteiger partial charge is 0.304 e. The summed E-state index contributed by atoms with van der Waals surface area (Å²) in [6, 6.07) is 0.248. The SMILES string of the molecule is CC(C)(C)N1CCCC1CC(=O)O. The van der Waals surface area contributed by atoms with E-state index in [1.165, 1.54) is 0 Å². The Hall–Kier alpha value is -0.570. The summed E-state index contributed by atoms with van der Waals surface area (Å²) in [4.78, 5) is 12.9. The first-order chi connectivity index (χ1) is 5.91. The number of aliphatic carboxylic acids is 1. The van der Waals surface area contributed by atoms with Crippen LogP contribution in [0.25, 0.3) is 0 Å². The highest BCUT2D eigenvalue weighted by Gasteiger charge is 2.33. The lowest BCUT2D eigenvalue weighted by Gasteiger charge is -2.36. The van der Waals surface area contributed by atoms with Crippen LogP contribution >= 0.6 is 0 Å². The van der Waals surface area contributed by atoms with E-state index in [1.807, 2.05) is 0 Å². The summed E-state index contributed by atoms with van der Waals surface area (Å²) in [5, 5.41) is 8.73. The average molecular weight is 185 g/mol. The molecule has 1 aliphatic rings. The Labute approximate surface area is 79.7 Å². The van der Waals surface area contributed by atoms with Gasteiger partial charge in [0, 0.05) is 11.6 Å². The first kappa shape index (κ1) is 10.5. The molecule has 1 atom stereocenters. The van der Waals surface area contributed by atoms with E-state index in [9.17, 15) is 4.79 Å². The van der Waals surface area contributed by atoms with Crippen molar-refractivity contribution in [3.8, 4) is 0 Å². The Kier molecular flexibility index (Phi) is 2.96. The molecule has 0 radical (unpaired) electrons. The summed E-state index contributed by atoms with van der Waals surface area (Å²) in [7, 11) is 0. The largest absolute Gasteiger partial charge is 0.481 e. The molecule has 0 spiro atoms. The zero-order valence-electron chi connectivity index (χ0n) is 8.71. The fourth-order valence-electron chi connectivity index (χ4n) is 2.13. The molecule has 0 amide bonds. The van der Waals surface area contributed by atoms with Gasteiger partial charge in [0.05, 0.1) is 6.42 Å². The number of carboxylic acids is 1. The molecule has 3 nitrogen and oxygen atoms in total. The number of carbonyl (C=O) groups is 1. The van der Waals surface area contributed by atoms with Crippen molar-refractivity contribution in [3.63, 3.8) is 0 Å². The van der Waals surface area contributed by atoms with Gasteiger partial charge in [-0.05, 0) is 40.2 Å². The van der Waals surface area contributed by atoms with E-state index in [4.69, 9.17) is 5.11 Å². The molecule has 1 unspecified atom stereocenters. The molecule has 13 heavy (non-hydrogen) atoms. The van der Waals surface area contributed by atoms with E-state index in [2.05, 4.69) is 25.7 Å². The summed E-state index contributed by atoms with van der Waals surface area (Å²) in [6.07, 6.45) is 2.45. The quantitative estimate of drug-likeness (QED) is 0.712. The summed E-state index contributed by atoms with van der Waals surface area (Å²) in [5.74, 6) is -0.679. The van der Waals surface area contributed by atoms with Crippen LogP contribution in [0.15, 0.2) is 0 Å². The third-order valence-corrected chi connectivity index (χ3v) is 2.65. The van der Waals surface area contributed by atoms with Gasteiger partial charge >= 0.3 is 5.97 Å². The molecule has 0 saturated carbocycles. The Morgan fingerprint density at radius 1 is 1.54 bits per heavy atom. The van der Waals surface area contributed by atoms with Crippen LogP contribution < -0.4 is 0 Å². The topological polar surface area (TPSA) is 40.5 Å². The third kappa shape index (κ3) is 2.69. The van der Waals surface area contributed by atoms with Crippen molar-refractivity contribution in [2.45, 2.75) is 51.6 Å². The molecule has 0 aromatic carbocycles. The van der Waals surface area contributed by atoms with Gasteiger partial charge in [-0.25, -0.2) is 0 Å². The van der Waals surface area contributed by atoms with Crippen molar-refractivity contribution >= 4 is 5.97 Å². The van der Waals surface area contributed by atoms with Crippen LogP contribution in [-0.2, 0) is 4.79 Å². The number of nitrogens with zero attached hydrogens (tertiary/aromatic N) is 1. The van der Waals surface area contributed by atoms with E-state index in [0.29, 0.717) is 0 Å². The molecule has 3 heteroatoms. The molecule has 1 aliphatic heterocycles. The number of hydrogen-bond donors (Lipinski definition) is 1. The lowest BCUT2D eigenvalue weighted by atomic mass is 10.0. The maximum absolute atomic E-state index is 10.6. The van der Waals surface area contributed by atoms with Crippen molar-refractivity contribution in [2.75, 3.05) is 6.54 Å². The maximum Gasteiger partial charge on any atom is 0.304 e. The van der Waals surface area contributed by atoms with Gasteiger partial charge in [0.2, 0.25) is 0 Å². The van der Waals surface area contributed by atoms with Crippen LogP contribution in [0.5, 0.6) is 0 Å². The van der Waals surface area contributed by atoms with E-state index < -0.39 is 5.97 Å². The van der Waals surface area contributed by atoms with E-state index in [-0.39, 0.29) is 18.0 Å². The van der Waals surface area contributed by atoms with Crippen molar-refractivity contribution in [2.24, 2.45) is 0 Å². The van der Waals surface area contributed by atoms with Crippen LogP contribution in [0.1, 0.15) is 40.0 Å². The van der Waals surface area contributed by atoms with E-state index >= 15 is 0 Å². The van der Waals surface area contributed by atoms with Gasteiger partial charge in [0.25, 0.3) is 0 Å². The predicted molar refractivity (Wildman–Crippen MR) is 51.7 cm³/mol. The second-order valence-corrected chi connectivity index (χ2v) is 4.76. The van der Waals surface area contributed by atoms with Crippen molar-refractivity contribution < 1.29 is 9.90 Å². The minimum absolute atomic E-state index is 0.108. The zero-order valence-corrected chi connectivity index (χ0v) is 8.71. The lowest BCUT2D eigenvalue weighted by Crippen LogP contribution is -2.45. The number of likely N-dealkylation sites (tertiary alicyclic amines) is 1. The van der Waals surface area contributed by atoms with Crippen LogP contribution in [0.2, 0.25) is 0 Å². The molecule has 0 aromatic heterocycles. The van der Waals surface area contributed by atoms with Gasteiger partial charge < -0.3 is 5.11 Å². The maximum atomic E-state index is 10.6. The summed E-state index contributed by atoms with van der Waals surface area (Å²) in [6.45, 7) is 7.48. The monoisotopic (exact) mass is 185 g/mol. The molecular weight excluding hydrogens is 166 g/mol. The zero-order chi connectivity index (χ0) is 10.1. The van der Waals surface area contributed by atoms with Crippen LogP contribution in [0, 0.1) is 0 Å². The van der Waals surface area contributed by atoms with Crippen LogP contribution in [0.4, 0.5) is 0 Å².